The van der Waals surface area contributed by atoms with E-state index in [0.29, 0.717) is 0 Å². The summed E-state index contributed by atoms with van der Waals surface area (Å²) in [5, 5.41) is 0. The van der Waals surface area contributed by atoms with Gasteiger partial charge in [0.15, 0.2) is 0 Å². The SMILES string of the molecule is CCC[PH](C)(CC)CCC. The zero-order valence-electron chi connectivity index (χ0n) is 8.04. The Labute approximate surface area is 66.7 Å². The van der Waals surface area contributed by atoms with E-state index in [2.05, 4.69) is 27.4 Å². The van der Waals surface area contributed by atoms with E-state index in [4.69, 9.17) is 0 Å². The third-order valence-corrected chi connectivity index (χ3v) is 7.68. The fourth-order valence-electron chi connectivity index (χ4n) is 1.69. The van der Waals surface area contributed by atoms with Gasteiger partial charge in [0.05, 0.1) is 0 Å². The maximum absolute atomic E-state index is 2.56. The average Bonchev–Trinajstić information content (AvgIpc) is 1.89. The molecule has 0 amide bonds. The van der Waals surface area contributed by atoms with E-state index >= 15 is 0 Å². The average molecular weight is 162 g/mol. The molecule has 0 atom stereocenters. The predicted octanol–water partition coefficient (Wildman–Crippen LogP) is 3.21. The van der Waals surface area contributed by atoms with Crippen molar-refractivity contribution in [2.45, 2.75) is 33.6 Å². The Kier molecular flexibility index (Phi) is 5.35. The van der Waals surface area contributed by atoms with E-state index in [9.17, 15) is 0 Å². The molecular formula is C9H23P. The Hall–Kier alpha value is 0.430. The summed E-state index contributed by atoms with van der Waals surface area (Å²) in [6.45, 7) is 9.56. The van der Waals surface area contributed by atoms with E-state index in [1.807, 2.05) is 0 Å². The fraction of sp³-hybridized carbons (Fsp3) is 1.00. The predicted molar refractivity (Wildman–Crippen MR) is 55.1 cm³/mol. The molecule has 0 radical (unpaired) electrons. The van der Waals surface area contributed by atoms with Gasteiger partial charge < -0.3 is 0 Å². The summed E-state index contributed by atoms with van der Waals surface area (Å²) in [6.07, 6.45) is 7.36. The zero-order chi connectivity index (χ0) is 8.04. The van der Waals surface area contributed by atoms with Crippen LogP contribution in [-0.4, -0.2) is 25.2 Å². The van der Waals surface area contributed by atoms with Crippen molar-refractivity contribution in [3.8, 4) is 0 Å². The first-order chi connectivity index (χ1) is 4.68. The first kappa shape index (κ1) is 10.4. The van der Waals surface area contributed by atoms with Gasteiger partial charge in [0.2, 0.25) is 0 Å². The van der Waals surface area contributed by atoms with Crippen molar-refractivity contribution < 1.29 is 0 Å². The molecule has 0 aromatic carbocycles. The molecule has 0 saturated heterocycles. The number of rotatable bonds is 5. The van der Waals surface area contributed by atoms with Crippen molar-refractivity contribution in [3.05, 3.63) is 0 Å². The van der Waals surface area contributed by atoms with Crippen LogP contribution in [0.5, 0.6) is 0 Å². The Morgan fingerprint density at radius 2 is 1.30 bits per heavy atom. The van der Waals surface area contributed by atoms with E-state index < -0.39 is 7.26 Å². The second-order valence-electron chi connectivity index (χ2n) is 3.66. The normalized spacial score (nSPS) is 13.6. The maximum atomic E-state index is 2.56. The fourth-order valence-corrected chi connectivity index (χ4v) is 5.06. The summed E-state index contributed by atoms with van der Waals surface area (Å²) >= 11 is 0. The van der Waals surface area contributed by atoms with Crippen LogP contribution >= 0.6 is 7.26 Å². The van der Waals surface area contributed by atoms with Gasteiger partial charge in [-0.05, 0) is 0 Å². The van der Waals surface area contributed by atoms with Gasteiger partial charge in [0, 0.05) is 0 Å². The summed E-state index contributed by atoms with van der Waals surface area (Å²) in [5.74, 6) is 0. The third-order valence-electron chi connectivity index (χ3n) is 2.56. The minimum atomic E-state index is -0.723. The molecule has 0 aromatic heterocycles. The molecule has 1 heteroatoms. The topological polar surface area (TPSA) is 0 Å². The number of hydrogen-bond donors (Lipinski definition) is 0. The van der Waals surface area contributed by atoms with Crippen molar-refractivity contribution in [1.29, 1.82) is 0 Å². The standard InChI is InChI=1S/C9H23P/c1-5-8-10(4,7-3)9-6-2/h10H,5-9H2,1-4H3. The van der Waals surface area contributed by atoms with Crippen LogP contribution in [0, 0.1) is 0 Å². The van der Waals surface area contributed by atoms with E-state index in [0.717, 1.165) is 0 Å². The van der Waals surface area contributed by atoms with E-state index in [1.54, 1.807) is 0 Å². The molecule has 10 heavy (non-hydrogen) atoms. The second kappa shape index (κ2) is 5.13. The number of hydrogen-bond acceptors (Lipinski definition) is 0. The molecule has 0 heterocycles. The van der Waals surface area contributed by atoms with Crippen LogP contribution in [0.25, 0.3) is 0 Å². The van der Waals surface area contributed by atoms with Crippen molar-refractivity contribution in [1.82, 2.24) is 0 Å². The summed E-state index contributed by atoms with van der Waals surface area (Å²) in [7, 11) is -0.723. The molecule has 0 aromatic rings. The van der Waals surface area contributed by atoms with Gasteiger partial charge in [0.25, 0.3) is 0 Å². The molecule has 0 rings (SSSR count). The molecule has 0 N–H and O–H groups in total. The molecule has 0 nitrogen and oxygen atoms in total. The van der Waals surface area contributed by atoms with Crippen LogP contribution in [0.1, 0.15) is 33.6 Å². The van der Waals surface area contributed by atoms with Crippen molar-refractivity contribution in [3.63, 3.8) is 0 Å². The Bertz CT molecular complexity index is 72.8. The van der Waals surface area contributed by atoms with Crippen LogP contribution in [-0.2, 0) is 0 Å². The summed E-state index contributed by atoms with van der Waals surface area (Å²) in [5.41, 5.74) is 0. The molecule has 64 valence electrons. The van der Waals surface area contributed by atoms with Crippen LogP contribution < -0.4 is 0 Å². The minimum absolute atomic E-state index is 0.723. The van der Waals surface area contributed by atoms with E-state index in [1.165, 1.54) is 31.3 Å². The monoisotopic (exact) mass is 162 g/mol. The third kappa shape index (κ3) is 3.56. The van der Waals surface area contributed by atoms with Gasteiger partial charge >= 0.3 is 66.0 Å². The molecule has 0 fully saturated rings. The van der Waals surface area contributed by atoms with Gasteiger partial charge in [-0.15, -0.1) is 0 Å². The van der Waals surface area contributed by atoms with E-state index in [-0.39, 0.29) is 0 Å². The second-order valence-corrected chi connectivity index (χ2v) is 8.99. The van der Waals surface area contributed by atoms with Gasteiger partial charge in [0.1, 0.15) is 0 Å². The Balaban J connectivity index is 3.69. The summed E-state index contributed by atoms with van der Waals surface area (Å²) in [6, 6.07) is 0. The Morgan fingerprint density at radius 3 is 1.50 bits per heavy atom. The van der Waals surface area contributed by atoms with Gasteiger partial charge in [-0.1, -0.05) is 0 Å². The molecule has 0 aliphatic rings. The molecular weight excluding hydrogens is 139 g/mol. The Morgan fingerprint density at radius 1 is 0.900 bits per heavy atom. The molecule has 0 aliphatic heterocycles. The molecule has 0 spiro atoms. The molecule has 0 bridgehead atoms. The van der Waals surface area contributed by atoms with Crippen LogP contribution in [0.15, 0.2) is 0 Å². The van der Waals surface area contributed by atoms with Gasteiger partial charge in [-0.2, -0.15) is 0 Å². The van der Waals surface area contributed by atoms with Gasteiger partial charge in [-0.25, -0.2) is 0 Å². The first-order valence-electron chi connectivity index (χ1n) is 4.68. The van der Waals surface area contributed by atoms with Gasteiger partial charge in [-0.3, -0.25) is 0 Å². The molecule has 0 unspecified atom stereocenters. The van der Waals surface area contributed by atoms with Crippen molar-refractivity contribution in [2.75, 3.05) is 25.2 Å². The first-order valence-corrected chi connectivity index (χ1v) is 7.80. The summed E-state index contributed by atoms with van der Waals surface area (Å²) < 4.78 is 0. The van der Waals surface area contributed by atoms with Crippen LogP contribution in [0.4, 0.5) is 0 Å². The quantitative estimate of drug-likeness (QED) is 0.544. The molecule has 0 aliphatic carbocycles. The van der Waals surface area contributed by atoms with Crippen molar-refractivity contribution >= 4 is 7.26 Å². The van der Waals surface area contributed by atoms with Crippen LogP contribution in [0.2, 0.25) is 0 Å². The van der Waals surface area contributed by atoms with Crippen molar-refractivity contribution in [2.24, 2.45) is 0 Å². The molecule has 0 saturated carbocycles. The summed E-state index contributed by atoms with van der Waals surface area (Å²) in [4.78, 5) is 0. The zero-order valence-corrected chi connectivity index (χ0v) is 9.04. The van der Waals surface area contributed by atoms with Crippen LogP contribution in [0.3, 0.4) is 0 Å².